The van der Waals surface area contributed by atoms with Gasteiger partial charge in [-0.05, 0) is 66.8 Å². The summed E-state index contributed by atoms with van der Waals surface area (Å²) in [6, 6.07) is 13.0. The normalized spacial score (nSPS) is 19.5. The van der Waals surface area contributed by atoms with E-state index in [0.717, 1.165) is 61.4 Å². The van der Waals surface area contributed by atoms with Gasteiger partial charge in [-0.15, -0.1) is 12.6 Å². The Morgan fingerprint density at radius 2 is 1.79 bits per heavy atom. The number of thiol groups is 1. The predicted octanol–water partition coefficient (Wildman–Crippen LogP) is 4.81. The van der Waals surface area contributed by atoms with Gasteiger partial charge in [0.15, 0.2) is 0 Å². The Bertz CT molecular complexity index is 1320. The van der Waals surface area contributed by atoms with Crippen molar-refractivity contribution in [2.45, 2.75) is 43.5 Å². The molecule has 1 saturated heterocycles. The molecule has 3 aliphatic heterocycles. The van der Waals surface area contributed by atoms with Crippen molar-refractivity contribution in [3.8, 4) is 0 Å². The predicted molar refractivity (Wildman–Crippen MR) is 164 cm³/mol. The van der Waals surface area contributed by atoms with Crippen LogP contribution in [0.1, 0.15) is 37.0 Å². The average molecular weight is 544 g/mol. The van der Waals surface area contributed by atoms with Crippen LogP contribution in [0.4, 0.5) is 23.0 Å². The van der Waals surface area contributed by atoms with Crippen LogP contribution in [0.2, 0.25) is 0 Å². The van der Waals surface area contributed by atoms with E-state index in [9.17, 15) is 0 Å². The highest BCUT2D eigenvalue weighted by molar-refractivity contribution is 7.80. The van der Waals surface area contributed by atoms with Crippen LogP contribution in [0.25, 0.3) is 0 Å². The maximum atomic E-state index is 4.78. The lowest BCUT2D eigenvalue weighted by molar-refractivity contribution is 0.156. The first-order chi connectivity index (χ1) is 18.9. The zero-order valence-electron chi connectivity index (χ0n) is 23.5. The highest BCUT2D eigenvalue weighted by Crippen LogP contribution is 2.41. The Labute approximate surface area is 238 Å². The lowest BCUT2D eigenvalue weighted by Crippen LogP contribution is -2.48. The van der Waals surface area contributed by atoms with E-state index >= 15 is 0 Å². The molecule has 8 heteroatoms. The van der Waals surface area contributed by atoms with Crippen LogP contribution in [-0.2, 0) is 18.4 Å². The molecule has 1 aromatic carbocycles. The minimum atomic E-state index is 0.184. The number of aromatic nitrogens is 2. The summed E-state index contributed by atoms with van der Waals surface area (Å²) < 4.78 is 0. The lowest BCUT2D eigenvalue weighted by atomic mass is 9.77. The summed E-state index contributed by atoms with van der Waals surface area (Å²) in [6.45, 7) is 14.5. The molecule has 2 aromatic heterocycles. The molecule has 206 valence electrons. The number of nitrogens with zero attached hydrogens (tertiary/aromatic N) is 6. The molecule has 0 aliphatic carbocycles. The average Bonchev–Trinajstić information content (AvgIpc) is 2.94. The topological polar surface area (TPSA) is 50.8 Å². The summed E-state index contributed by atoms with van der Waals surface area (Å²) in [5.41, 5.74) is 6.72. The van der Waals surface area contributed by atoms with Gasteiger partial charge in [0, 0.05) is 93.1 Å². The molecular weight excluding hydrogens is 502 g/mol. The lowest BCUT2D eigenvalue weighted by Gasteiger charge is -2.42. The SMILES string of the molecule is CN1CCN(CCN2CCC(C)(C)c3ccc(Nc4nccc5c4CCN(c4ncccc4S)C5)cc32)CC1. The van der Waals surface area contributed by atoms with Gasteiger partial charge in [0.25, 0.3) is 0 Å². The molecule has 3 aromatic rings. The number of hydrogen-bond donors (Lipinski definition) is 2. The van der Waals surface area contributed by atoms with Crippen molar-refractivity contribution in [3.63, 3.8) is 0 Å². The van der Waals surface area contributed by atoms with Crippen molar-refractivity contribution in [3.05, 3.63) is 65.5 Å². The first-order valence-electron chi connectivity index (χ1n) is 14.3. The van der Waals surface area contributed by atoms with E-state index in [0.29, 0.717) is 0 Å². The standard InChI is InChI=1S/C31H41N7S/c1-31(2)10-14-37(20-19-36-17-15-35(3)16-18-36)27-21-24(6-7-26(27)31)34-29-25-9-13-38(22-23(25)8-12-32-29)30-28(39)5-4-11-33-30/h4-8,11-12,21,39H,9-10,13-20,22H2,1-3H3,(H,32,34). The van der Waals surface area contributed by atoms with E-state index in [1.165, 1.54) is 55.0 Å². The number of rotatable bonds is 6. The van der Waals surface area contributed by atoms with E-state index < -0.39 is 0 Å². The maximum absolute atomic E-state index is 4.78. The number of nitrogens with one attached hydrogen (secondary N) is 1. The molecular formula is C31H41N7S. The number of benzene rings is 1. The summed E-state index contributed by atoms with van der Waals surface area (Å²) in [6.07, 6.45) is 5.87. The first-order valence-corrected chi connectivity index (χ1v) is 14.8. The minimum absolute atomic E-state index is 0.184. The molecule has 0 atom stereocenters. The smallest absolute Gasteiger partial charge is 0.142 e. The van der Waals surface area contributed by atoms with Crippen molar-refractivity contribution < 1.29 is 0 Å². The van der Waals surface area contributed by atoms with Gasteiger partial charge in [0.05, 0.1) is 0 Å². The molecule has 0 spiro atoms. The van der Waals surface area contributed by atoms with Gasteiger partial charge < -0.3 is 20.0 Å². The quantitative estimate of drug-likeness (QED) is 0.433. The largest absolute Gasteiger partial charge is 0.370 e. The zero-order chi connectivity index (χ0) is 27.0. The maximum Gasteiger partial charge on any atom is 0.142 e. The van der Waals surface area contributed by atoms with Crippen molar-refractivity contribution in [2.75, 3.05) is 74.5 Å². The van der Waals surface area contributed by atoms with E-state index in [2.05, 4.69) is 87.7 Å². The molecule has 7 nitrogen and oxygen atoms in total. The van der Waals surface area contributed by atoms with Gasteiger partial charge in [0.2, 0.25) is 0 Å². The van der Waals surface area contributed by atoms with Crippen molar-refractivity contribution >= 4 is 35.6 Å². The minimum Gasteiger partial charge on any atom is -0.370 e. The molecule has 0 amide bonds. The van der Waals surface area contributed by atoms with Crippen LogP contribution < -0.4 is 15.1 Å². The van der Waals surface area contributed by atoms with Crippen molar-refractivity contribution in [1.82, 2.24) is 19.8 Å². The molecule has 39 heavy (non-hydrogen) atoms. The number of pyridine rings is 2. The Morgan fingerprint density at radius 1 is 0.949 bits per heavy atom. The molecule has 6 rings (SSSR count). The summed E-state index contributed by atoms with van der Waals surface area (Å²) in [5.74, 6) is 1.92. The molecule has 0 radical (unpaired) electrons. The monoisotopic (exact) mass is 543 g/mol. The highest BCUT2D eigenvalue weighted by atomic mass is 32.1. The van der Waals surface area contributed by atoms with Crippen LogP contribution in [0.15, 0.2) is 53.7 Å². The Morgan fingerprint density at radius 3 is 2.62 bits per heavy atom. The van der Waals surface area contributed by atoms with Crippen LogP contribution >= 0.6 is 12.6 Å². The molecule has 1 fully saturated rings. The fourth-order valence-corrected chi connectivity index (χ4v) is 6.51. The molecule has 5 heterocycles. The molecule has 0 bridgehead atoms. The number of likely N-dealkylation sites (N-methyl/N-ethyl adjacent to an activating group) is 1. The number of fused-ring (bicyclic) bond motifs is 2. The number of anilines is 4. The Kier molecular flexibility index (Phi) is 7.44. The molecule has 0 unspecified atom stereocenters. The van der Waals surface area contributed by atoms with Crippen molar-refractivity contribution in [2.24, 2.45) is 0 Å². The summed E-state index contributed by atoms with van der Waals surface area (Å²) in [5, 5.41) is 3.70. The van der Waals surface area contributed by atoms with Crippen LogP contribution in [0.5, 0.6) is 0 Å². The van der Waals surface area contributed by atoms with Gasteiger partial charge in [-0.2, -0.15) is 0 Å². The third-order valence-electron chi connectivity index (χ3n) is 8.83. The second kappa shape index (κ2) is 11.0. The Hall–Kier alpha value is -2.81. The van der Waals surface area contributed by atoms with Crippen LogP contribution in [-0.4, -0.2) is 79.2 Å². The highest BCUT2D eigenvalue weighted by Gasteiger charge is 2.32. The third-order valence-corrected chi connectivity index (χ3v) is 9.18. The van der Waals surface area contributed by atoms with Gasteiger partial charge >= 0.3 is 0 Å². The van der Waals surface area contributed by atoms with Gasteiger partial charge in [-0.1, -0.05) is 19.9 Å². The van der Waals surface area contributed by atoms with Crippen molar-refractivity contribution in [1.29, 1.82) is 0 Å². The van der Waals surface area contributed by atoms with Gasteiger partial charge in [-0.3, -0.25) is 4.90 Å². The third kappa shape index (κ3) is 5.60. The second-order valence-electron chi connectivity index (χ2n) is 11.9. The number of piperazine rings is 1. The summed E-state index contributed by atoms with van der Waals surface area (Å²) in [4.78, 5) is 20.2. The number of hydrogen-bond acceptors (Lipinski definition) is 8. The molecule has 1 N–H and O–H groups in total. The Balaban J connectivity index is 1.21. The van der Waals surface area contributed by atoms with Crippen LogP contribution in [0, 0.1) is 0 Å². The summed E-state index contributed by atoms with van der Waals surface area (Å²) >= 11 is 4.63. The zero-order valence-corrected chi connectivity index (χ0v) is 24.4. The van der Waals surface area contributed by atoms with Crippen LogP contribution in [0.3, 0.4) is 0 Å². The van der Waals surface area contributed by atoms with Gasteiger partial charge in [-0.25, -0.2) is 9.97 Å². The molecule has 3 aliphatic rings. The van der Waals surface area contributed by atoms with Gasteiger partial charge in [0.1, 0.15) is 11.6 Å². The first kappa shape index (κ1) is 26.4. The fraction of sp³-hybridized carbons (Fsp3) is 0.484. The second-order valence-corrected chi connectivity index (χ2v) is 12.4. The summed E-state index contributed by atoms with van der Waals surface area (Å²) in [7, 11) is 2.22. The molecule has 0 saturated carbocycles. The van der Waals surface area contributed by atoms with E-state index in [4.69, 9.17) is 4.98 Å². The van der Waals surface area contributed by atoms with E-state index in [1.54, 1.807) is 0 Å². The van der Waals surface area contributed by atoms with E-state index in [-0.39, 0.29) is 5.41 Å². The fourth-order valence-electron chi connectivity index (χ4n) is 6.23. The van der Waals surface area contributed by atoms with E-state index in [1.807, 2.05) is 24.5 Å².